The lowest BCUT2D eigenvalue weighted by Gasteiger charge is -2.17. The van der Waals surface area contributed by atoms with Crippen molar-refractivity contribution in [2.24, 2.45) is 0 Å². The average molecular weight is 298 g/mol. The van der Waals surface area contributed by atoms with Gasteiger partial charge in [0, 0.05) is 25.9 Å². The van der Waals surface area contributed by atoms with Crippen LogP contribution < -0.4 is 4.74 Å². The molecule has 1 rings (SSSR count). The molecule has 0 fully saturated rings. The highest BCUT2D eigenvalue weighted by Gasteiger charge is 2.07. The number of rotatable bonds is 8. The van der Waals surface area contributed by atoms with E-state index in [0.717, 1.165) is 24.2 Å². The lowest BCUT2D eigenvalue weighted by molar-refractivity contribution is -0.130. The molecule has 0 aromatic heterocycles. The summed E-state index contributed by atoms with van der Waals surface area (Å²) in [5, 5.41) is 0. The minimum Gasteiger partial charge on any atom is -0.493 e. The third-order valence-electron chi connectivity index (χ3n) is 3.19. The second-order valence-corrected chi connectivity index (χ2v) is 5.46. The van der Waals surface area contributed by atoms with Gasteiger partial charge in [-0.1, -0.05) is 12.1 Å². The Morgan fingerprint density at radius 1 is 1.30 bits per heavy atom. The summed E-state index contributed by atoms with van der Waals surface area (Å²) in [5.74, 6) is 1.62. The third-order valence-corrected chi connectivity index (χ3v) is 3.46. The number of benzene rings is 1. The average Bonchev–Trinajstić information content (AvgIpc) is 2.44. The molecule has 1 amide bonds. The number of alkyl halides is 1. The molecule has 0 spiro atoms. The molecule has 0 N–H and O–H groups in total. The summed E-state index contributed by atoms with van der Waals surface area (Å²) in [5.41, 5.74) is 2.33. The quantitative estimate of drug-likeness (QED) is 0.542. The summed E-state index contributed by atoms with van der Waals surface area (Å²) in [6.45, 7) is 5.43. The van der Waals surface area contributed by atoms with Gasteiger partial charge in [-0.2, -0.15) is 0 Å². The highest BCUT2D eigenvalue weighted by Crippen LogP contribution is 2.19. The van der Waals surface area contributed by atoms with Gasteiger partial charge in [-0.05, 0) is 43.9 Å². The molecule has 0 bridgehead atoms. The first-order chi connectivity index (χ1) is 9.54. The number of carbonyl (C=O) groups is 1. The Morgan fingerprint density at radius 3 is 2.75 bits per heavy atom. The number of hydrogen-bond donors (Lipinski definition) is 0. The van der Waals surface area contributed by atoms with E-state index in [-0.39, 0.29) is 5.91 Å². The predicted octanol–water partition coefficient (Wildman–Crippen LogP) is 3.55. The van der Waals surface area contributed by atoms with E-state index in [0.29, 0.717) is 25.5 Å². The first-order valence-electron chi connectivity index (χ1n) is 7.04. The van der Waals surface area contributed by atoms with Crippen molar-refractivity contribution in [1.82, 2.24) is 4.90 Å². The lowest BCUT2D eigenvalue weighted by Crippen LogP contribution is -2.28. The summed E-state index contributed by atoms with van der Waals surface area (Å²) in [4.78, 5) is 13.4. The van der Waals surface area contributed by atoms with Gasteiger partial charge < -0.3 is 9.64 Å². The monoisotopic (exact) mass is 297 g/mol. The maximum absolute atomic E-state index is 11.7. The minimum atomic E-state index is 0.150. The highest BCUT2D eigenvalue weighted by molar-refractivity contribution is 6.17. The second-order valence-electron chi connectivity index (χ2n) is 5.08. The lowest BCUT2D eigenvalue weighted by atomic mass is 10.1. The Bertz CT molecular complexity index is 434. The third kappa shape index (κ3) is 5.83. The van der Waals surface area contributed by atoms with E-state index >= 15 is 0 Å². The van der Waals surface area contributed by atoms with Crippen molar-refractivity contribution in [3.63, 3.8) is 0 Å². The van der Waals surface area contributed by atoms with E-state index in [4.69, 9.17) is 16.3 Å². The van der Waals surface area contributed by atoms with E-state index in [1.165, 1.54) is 5.56 Å². The van der Waals surface area contributed by atoms with Gasteiger partial charge in [0.2, 0.25) is 5.91 Å². The summed E-state index contributed by atoms with van der Waals surface area (Å²) < 4.78 is 5.77. The van der Waals surface area contributed by atoms with E-state index < -0.39 is 0 Å². The topological polar surface area (TPSA) is 29.5 Å². The molecule has 0 atom stereocenters. The van der Waals surface area contributed by atoms with Gasteiger partial charge in [-0.3, -0.25) is 4.79 Å². The number of amides is 1. The number of hydrogen-bond acceptors (Lipinski definition) is 2. The summed E-state index contributed by atoms with van der Waals surface area (Å²) >= 11 is 5.58. The Labute approximate surface area is 126 Å². The van der Waals surface area contributed by atoms with Gasteiger partial charge >= 0.3 is 0 Å². The van der Waals surface area contributed by atoms with Crippen LogP contribution in [0.2, 0.25) is 0 Å². The molecule has 112 valence electrons. The van der Waals surface area contributed by atoms with Crippen LogP contribution in [0.5, 0.6) is 5.75 Å². The molecule has 0 radical (unpaired) electrons. The number of ether oxygens (including phenoxy) is 1. The fourth-order valence-electron chi connectivity index (χ4n) is 1.88. The number of carbonyl (C=O) groups excluding carboxylic acids is 1. The molecule has 0 aliphatic rings. The molecular formula is C16H24ClNO2. The van der Waals surface area contributed by atoms with Crippen molar-refractivity contribution in [2.45, 2.75) is 33.1 Å². The van der Waals surface area contributed by atoms with Crippen LogP contribution in [0.4, 0.5) is 0 Å². The minimum absolute atomic E-state index is 0.150. The second kappa shape index (κ2) is 8.85. The fourth-order valence-corrected chi connectivity index (χ4v) is 2.01. The predicted molar refractivity (Wildman–Crippen MR) is 83.6 cm³/mol. The molecule has 3 nitrogen and oxygen atoms in total. The largest absolute Gasteiger partial charge is 0.493 e. The molecule has 0 saturated carbocycles. The van der Waals surface area contributed by atoms with E-state index in [2.05, 4.69) is 19.1 Å². The molecule has 0 unspecified atom stereocenters. The smallest absolute Gasteiger partial charge is 0.222 e. The van der Waals surface area contributed by atoms with Gasteiger partial charge in [0.25, 0.3) is 0 Å². The standard InChI is InChI=1S/C16H24ClNO2/c1-13-7-8-14(2)15(12-13)20-11-5-10-18(3)16(19)6-4-9-17/h7-8,12H,4-6,9-11H2,1-3H3. The summed E-state index contributed by atoms with van der Waals surface area (Å²) in [7, 11) is 1.83. The van der Waals surface area contributed by atoms with Crippen molar-refractivity contribution in [1.29, 1.82) is 0 Å². The first-order valence-corrected chi connectivity index (χ1v) is 7.58. The van der Waals surface area contributed by atoms with Gasteiger partial charge in [0.15, 0.2) is 0 Å². The van der Waals surface area contributed by atoms with Crippen molar-refractivity contribution in [2.75, 3.05) is 26.1 Å². The van der Waals surface area contributed by atoms with Crippen LogP contribution in [-0.2, 0) is 4.79 Å². The van der Waals surface area contributed by atoms with Crippen LogP contribution >= 0.6 is 11.6 Å². The van der Waals surface area contributed by atoms with Crippen LogP contribution in [0.3, 0.4) is 0 Å². The van der Waals surface area contributed by atoms with Gasteiger partial charge in [0.1, 0.15) is 5.75 Å². The zero-order valence-corrected chi connectivity index (χ0v) is 13.4. The number of nitrogens with zero attached hydrogens (tertiary/aromatic N) is 1. The molecule has 1 aromatic carbocycles. The Kier molecular flexibility index (Phi) is 7.45. The normalized spacial score (nSPS) is 10.4. The number of aryl methyl sites for hydroxylation is 2. The Morgan fingerprint density at radius 2 is 2.05 bits per heavy atom. The zero-order chi connectivity index (χ0) is 15.0. The van der Waals surface area contributed by atoms with Crippen LogP contribution in [0, 0.1) is 13.8 Å². The summed E-state index contributed by atoms with van der Waals surface area (Å²) in [6.07, 6.45) is 2.10. The molecule has 1 aromatic rings. The van der Waals surface area contributed by atoms with Gasteiger partial charge in [-0.25, -0.2) is 0 Å². The van der Waals surface area contributed by atoms with Crippen LogP contribution in [0.15, 0.2) is 18.2 Å². The molecular weight excluding hydrogens is 274 g/mol. The van der Waals surface area contributed by atoms with Crippen molar-refractivity contribution >= 4 is 17.5 Å². The molecule has 20 heavy (non-hydrogen) atoms. The van der Waals surface area contributed by atoms with Crippen LogP contribution in [0.1, 0.15) is 30.4 Å². The molecule has 0 aliphatic heterocycles. The zero-order valence-electron chi connectivity index (χ0n) is 12.6. The van der Waals surface area contributed by atoms with Crippen LogP contribution in [0.25, 0.3) is 0 Å². The number of halogens is 1. The molecule has 0 saturated heterocycles. The molecule has 0 heterocycles. The van der Waals surface area contributed by atoms with Crippen molar-refractivity contribution in [3.05, 3.63) is 29.3 Å². The van der Waals surface area contributed by atoms with Gasteiger partial charge in [0.05, 0.1) is 6.61 Å². The van der Waals surface area contributed by atoms with Gasteiger partial charge in [-0.15, -0.1) is 11.6 Å². The maximum atomic E-state index is 11.7. The SMILES string of the molecule is Cc1ccc(C)c(OCCCN(C)C(=O)CCCCl)c1. The van der Waals surface area contributed by atoms with Crippen LogP contribution in [-0.4, -0.2) is 36.9 Å². The Hall–Kier alpha value is -1.22. The Balaban J connectivity index is 2.27. The fraction of sp³-hybridized carbons (Fsp3) is 0.562. The van der Waals surface area contributed by atoms with E-state index in [1.807, 2.05) is 20.0 Å². The van der Waals surface area contributed by atoms with Crippen molar-refractivity contribution in [3.8, 4) is 5.75 Å². The maximum Gasteiger partial charge on any atom is 0.222 e. The van der Waals surface area contributed by atoms with E-state index in [1.54, 1.807) is 4.90 Å². The summed E-state index contributed by atoms with van der Waals surface area (Å²) in [6, 6.07) is 6.18. The molecule has 4 heteroatoms. The van der Waals surface area contributed by atoms with Crippen molar-refractivity contribution < 1.29 is 9.53 Å². The highest BCUT2D eigenvalue weighted by atomic mass is 35.5. The molecule has 0 aliphatic carbocycles. The first kappa shape index (κ1) is 16.8. The van der Waals surface area contributed by atoms with E-state index in [9.17, 15) is 4.79 Å².